The van der Waals surface area contributed by atoms with Crippen molar-refractivity contribution in [3.8, 4) is 0 Å². The molecule has 22 heavy (non-hydrogen) atoms. The van der Waals surface area contributed by atoms with Crippen molar-refractivity contribution in [3.63, 3.8) is 0 Å². The monoisotopic (exact) mass is 354 g/mol. The zero-order valence-electron chi connectivity index (χ0n) is 12.3. The first-order valence-corrected chi connectivity index (χ1v) is 8.09. The maximum atomic E-state index is 4.55. The summed E-state index contributed by atoms with van der Waals surface area (Å²) in [5.74, 6) is 1.01. The number of halogens is 1. The van der Waals surface area contributed by atoms with E-state index in [-0.39, 0.29) is 0 Å². The van der Waals surface area contributed by atoms with Crippen LogP contribution in [0.4, 0.5) is 5.82 Å². The summed E-state index contributed by atoms with van der Waals surface area (Å²) >= 11 is 3.51. The summed E-state index contributed by atoms with van der Waals surface area (Å²) in [6.07, 6.45) is 4.47. The van der Waals surface area contributed by atoms with Crippen molar-refractivity contribution in [2.75, 3.05) is 11.4 Å². The highest BCUT2D eigenvalue weighted by atomic mass is 79.9. The van der Waals surface area contributed by atoms with Crippen molar-refractivity contribution < 1.29 is 0 Å². The minimum Gasteiger partial charge on any atom is -0.351 e. The molecular formula is C17H15BrN4. The van der Waals surface area contributed by atoms with Crippen LogP contribution in [0, 0.1) is 6.92 Å². The Morgan fingerprint density at radius 1 is 1.14 bits per heavy atom. The van der Waals surface area contributed by atoms with Crippen molar-refractivity contribution in [2.45, 2.75) is 19.9 Å². The minimum atomic E-state index is 0.835. The summed E-state index contributed by atoms with van der Waals surface area (Å²) in [5.41, 5.74) is 4.67. The van der Waals surface area contributed by atoms with Crippen LogP contribution in [0.25, 0.3) is 10.9 Å². The first kappa shape index (κ1) is 13.6. The fourth-order valence-corrected chi connectivity index (χ4v) is 3.37. The van der Waals surface area contributed by atoms with Crippen LogP contribution in [0.3, 0.4) is 0 Å². The largest absolute Gasteiger partial charge is 0.351 e. The van der Waals surface area contributed by atoms with Crippen LogP contribution in [0.15, 0.2) is 41.3 Å². The van der Waals surface area contributed by atoms with E-state index in [1.165, 1.54) is 16.8 Å². The van der Waals surface area contributed by atoms with E-state index in [0.717, 1.165) is 40.7 Å². The third-order valence-corrected chi connectivity index (χ3v) is 4.51. The Morgan fingerprint density at radius 3 is 2.95 bits per heavy atom. The van der Waals surface area contributed by atoms with Crippen molar-refractivity contribution in [1.29, 1.82) is 0 Å². The fraction of sp³-hybridized carbons (Fsp3) is 0.235. The number of hydrogen-bond acceptors (Lipinski definition) is 4. The summed E-state index contributed by atoms with van der Waals surface area (Å²) in [5, 5.41) is 1.12. The van der Waals surface area contributed by atoms with Gasteiger partial charge in [-0.2, -0.15) is 0 Å². The van der Waals surface area contributed by atoms with E-state index >= 15 is 0 Å². The lowest BCUT2D eigenvalue weighted by Gasteiger charge is -2.30. The second-order valence-electron chi connectivity index (χ2n) is 5.65. The maximum absolute atomic E-state index is 4.55. The summed E-state index contributed by atoms with van der Waals surface area (Å²) in [6, 6.07) is 8.47. The number of pyridine rings is 1. The predicted molar refractivity (Wildman–Crippen MR) is 91.0 cm³/mol. The van der Waals surface area contributed by atoms with Gasteiger partial charge in [-0.1, -0.05) is 11.6 Å². The quantitative estimate of drug-likeness (QED) is 0.668. The van der Waals surface area contributed by atoms with Crippen LogP contribution in [-0.4, -0.2) is 21.5 Å². The zero-order valence-corrected chi connectivity index (χ0v) is 13.8. The van der Waals surface area contributed by atoms with E-state index in [1.54, 1.807) is 6.33 Å². The van der Waals surface area contributed by atoms with E-state index in [1.807, 2.05) is 6.20 Å². The van der Waals surface area contributed by atoms with E-state index < -0.39 is 0 Å². The lowest BCUT2D eigenvalue weighted by Crippen LogP contribution is -2.31. The van der Waals surface area contributed by atoms with Crippen LogP contribution < -0.4 is 4.90 Å². The number of benzene rings is 1. The van der Waals surface area contributed by atoms with E-state index in [0.29, 0.717) is 0 Å². The molecule has 0 radical (unpaired) electrons. The molecule has 0 atom stereocenters. The summed E-state index contributed by atoms with van der Waals surface area (Å²) < 4.78 is 1.02. The van der Waals surface area contributed by atoms with Gasteiger partial charge in [0, 0.05) is 41.3 Å². The number of hydrogen-bond donors (Lipinski definition) is 0. The second-order valence-corrected chi connectivity index (χ2v) is 6.56. The van der Waals surface area contributed by atoms with Gasteiger partial charge in [0.25, 0.3) is 0 Å². The van der Waals surface area contributed by atoms with Crippen LogP contribution in [0.1, 0.15) is 16.8 Å². The van der Waals surface area contributed by atoms with E-state index in [4.69, 9.17) is 0 Å². The van der Waals surface area contributed by atoms with Gasteiger partial charge in [0.1, 0.15) is 12.1 Å². The van der Waals surface area contributed by atoms with Gasteiger partial charge in [0.2, 0.25) is 0 Å². The Morgan fingerprint density at radius 2 is 2.05 bits per heavy atom. The maximum Gasteiger partial charge on any atom is 0.140 e. The van der Waals surface area contributed by atoms with Gasteiger partial charge in [-0.05, 0) is 46.6 Å². The van der Waals surface area contributed by atoms with Crippen molar-refractivity contribution in [3.05, 3.63) is 58.1 Å². The first-order valence-electron chi connectivity index (χ1n) is 7.30. The smallest absolute Gasteiger partial charge is 0.140 e. The zero-order chi connectivity index (χ0) is 15.1. The van der Waals surface area contributed by atoms with E-state index in [9.17, 15) is 0 Å². The molecule has 0 unspecified atom stereocenters. The molecule has 0 saturated heterocycles. The third kappa shape index (κ3) is 2.35. The Labute approximate surface area is 137 Å². The van der Waals surface area contributed by atoms with Gasteiger partial charge in [-0.25, -0.2) is 9.97 Å². The average Bonchev–Trinajstić information content (AvgIpc) is 2.53. The molecule has 3 aromatic rings. The topological polar surface area (TPSA) is 41.9 Å². The average molecular weight is 355 g/mol. The Kier molecular flexibility index (Phi) is 3.30. The molecule has 1 aliphatic rings. The summed E-state index contributed by atoms with van der Waals surface area (Å²) in [4.78, 5) is 15.8. The molecule has 1 aromatic carbocycles. The van der Waals surface area contributed by atoms with Crippen LogP contribution in [0.5, 0.6) is 0 Å². The Bertz CT molecular complexity index is 862. The molecule has 3 heterocycles. The Balaban J connectivity index is 1.79. The molecule has 0 saturated carbocycles. The lowest BCUT2D eigenvalue weighted by molar-refractivity contribution is 0.704. The third-order valence-electron chi connectivity index (χ3n) is 4.08. The van der Waals surface area contributed by atoms with Gasteiger partial charge >= 0.3 is 0 Å². The molecule has 4 nitrogen and oxygen atoms in total. The van der Waals surface area contributed by atoms with Crippen LogP contribution in [-0.2, 0) is 13.0 Å². The number of nitrogens with zero attached hydrogens (tertiary/aromatic N) is 4. The lowest BCUT2D eigenvalue weighted by atomic mass is 10.0. The number of fused-ring (bicyclic) bond motifs is 2. The van der Waals surface area contributed by atoms with Gasteiger partial charge in [-0.15, -0.1) is 0 Å². The van der Waals surface area contributed by atoms with Crippen molar-refractivity contribution in [1.82, 2.24) is 15.0 Å². The van der Waals surface area contributed by atoms with Crippen LogP contribution in [0.2, 0.25) is 0 Å². The number of anilines is 1. The number of aromatic nitrogens is 3. The van der Waals surface area contributed by atoms with Gasteiger partial charge in [-0.3, -0.25) is 4.98 Å². The Hall–Kier alpha value is -2.01. The highest BCUT2D eigenvalue weighted by Gasteiger charge is 2.20. The second kappa shape index (κ2) is 5.32. The molecule has 0 amide bonds. The van der Waals surface area contributed by atoms with Crippen LogP contribution >= 0.6 is 15.9 Å². The molecule has 0 spiro atoms. The van der Waals surface area contributed by atoms with Gasteiger partial charge in [0.15, 0.2) is 0 Å². The molecule has 0 fully saturated rings. The molecule has 1 aliphatic heterocycles. The normalized spacial score (nSPS) is 14.2. The highest BCUT2D eigenvalue weighted by molar-refractivity contribution is 9.10. The fourth-order valence-electron chi connectivity index (χ4n) is 2.99. The SMILES string of the molecule is Cc1ccc2ncnc(N3CCc4ncc(Br)cc4C3)c2c1. The predicted octanol–water partition coefficient (Wildman–Crippen LogP) is 3.66. The molecule has 2 aromatic heterocycles. The first-order chi connectivity index (χ1) is 10.7. The van der Waals surface area contributed by atoms with Crippen molar-refractivity contribution >= 4 is 32.7 Å². The summed E-state index contributed by atoms with van der Waals surface area (Å²) in [6.45, 7) is 3.87. The molecule has 5 heteroatoms. The van der Waals surface area contributed by atoms with Crippen molar-refractivity contribution in [2.24, 2.45) is 0 Å². The number of rotatable bonds is 1. The van der Waals surface area contributed by atoms with Gasteiger partial charge < -0.3 is 4.90 Å². The van der Waals surface area contributed by atoms with Gasteiger partial charge in [0.05, 0.1) is 5.52 Å². The standard InChI is InChI=1S/C17H15BrN4/c1-11-2-3-16-14(6-11)17(21-10-20-16)22-5-4-15-12(9-22)7-13(18)8-19-15/h2-3,6-8,10H,4-5,9H2,1H3. The van der Waals surface area contributed by atoms with E-state index in [2.05, 4.69) is 67.0 Å². The molecule has 0 N–H and O–H groups in total. The molecule has 4 rings (SSSR count). The molecule has 0 bridgehead atoms. The summed E-state index contributed by atoms with van der Waals surface area (Å²) in [7, 11) is 0. The minimum absolute atomic E-state index is 0.835. The molecule has 110 valence electrons. The highest BCUT2D eigenvalue weighted by Crippen LogP contribution is 2.29. The number of aryl methyl sites for hydroxylation is 1. The molecular weight excluding hydrogens is 340 g/mol. The molecule has 0 aliphatic carbocycles.